The summed E-state index contributed by atoms with van der Waals surface area (Å²) < 4.78 is 12.7. The number of aromatic nitrogens is 3. The Hall–Kier alpha value is -1.57. The molecule has 0 saturated carbocycles. The van der Waals surface area contributed by atoms with Gasteiger partial charge in [-0.25, -0.2) is 0 Å². The molecule has 3 rings (SSSR count). The Morgan fingerprint density at radius 3 is 2.68 bits per heavy atom. The molecular weight excluding hydrogens is 300 g/mol. The second-order valence-electron chi connectivity index (χ2n) is 4.89. The highest BCUT2D eigenvalue weighted by Crippen LogP contribution is 2.26. The van der Waals surface area contributed by atoms with E-state index in [1.807, 2.05) is 18.2 Å². The van der Waals surface area contributed by atoms with Crippen molar-refractivity contribution in [1.29, 1.82) is 0 Å². The number of methoxy groups -OCH3 is 1. The molecule has 2 heterocycles. The molecule has 0 aliphatic carbocycles. The number of para-hydroxylation sites is 1. The predicted octanol–water partition coefficient (Wildman–Crippen LogP) is 1.84. The highest BCUT2D eigenvalue weighted by Gasteiger charge is 2.21. The van der Waals surface area contributed by atoms with Gasteiger partial charge in [0.2, 0.25) is 5.95 Å². The lowest BCUT2D eigenvalue weighted by Crippen LogP contribution is -2.37. The van der Waals surface area contributed by atoms with Gasteiger partial charge in [-0.2, -0.15) is 0 Å². The Morgan fingerprint density at radius 1 is 1.18 bits per heavy atom. The second-order valence-corrected chi connectivity index (χ2v) is 5.96. The van der Waals surface area contributed by atoms with E-state index in [9.17, 15) is 0 Å². The molecule has 0 N–H and O–H groups in total. The highest BCUT2D eigenvalue weighted by molar-refractivity contribution is 7.99. The molecule has 22 heavy (non-hydrogen) atoms. The highest BCUT2D eigenvalue weighted by atomic mass is 32.2. The van der Waals surface area contributed by atoms with Crippen molar-refractivity contribution in [2.75, 3.05) is 50.7 Å². The van der Waals surface area contributed by atoms with Gasteiger partial charge in [0.15, 0.2) is 5.16 Å². The molecule has 7 heteroatoms. The van der Waals surface area contributed by atoms with E-state index in [-0.39, 0.29) is 0 Å². The maximum absolute atomic E-state index is 5.43. The van der Waals surface area contributed by atoms with Gasteiger partial charge in [-0.05, 0) is 12.1 Å². The van der Waals surface area contributed by atoms with Gasteiger partial charge in [0.1, 0.15) is 0 Å². The lowest BCUT2D eigenvalue weighted by atomic mass is 10.3. The summed E-state index contributed by atoms with van der Waals surface area (Å²) in [5.41, 5.74) is 1.08. The normalized spacial score (nSPS) is 15.2. The molecule has 1 saturated heterocycles. The second kappa shape index (κ2) is 7.62. The van der Waals surface area contributed by atoms with Crippen LogP contribution in [-0.4, -0.2) is 60.5 Å². The van der Waals surface area contributed by atoms with Crippen molar-refractivity contribution in [3.05, 3.63) is 30.3 Å². The quantitative estimate of drug-likeness (QED) is 0.598. The summed E-state index contributed by atoms with van der Waals surface area (Å²) in [4.78, 5) is 2.23. The third-order valence-corrected chi connectivity index (χ3v) is 4.34. The first-order valence-electron chi connectivity index (χ1n) is 7.35. The zero-order chi connectivity index (χ0) is 15.2. The van der Waals surface area contributed by atoms with Crippen LogP contribution in [0.15, 0.2) is 35.5 Å². The number of thioether (sulfide) groups is 1. The van der Waals surface area contributed by atoms with E-state index in [1.165, 1.54) is 0 Å². The van der Waals surface area contributed by atoms with E-state index in [1.54, 1.807) is 18.9 Å². The summed E-state index contributed by atoms with van der Waals surface area (Å²) >= 11 is 1.66. The molecule has 1 fully saturated rings. The SMILES string of the molecule is COCCSc1nnc(N2CCOCC2)n1-c1ccccc1. The molecule has 6 nitrogen and oxygen atoms in total. The van der Waals surface area contributed by atoms with Crippen LogP contribution in [-0.2, 0) is 9.47 Å². The summed E-state index contributed by atoms with van der Waals surface area (Å²) in [7, 11) is 1.71. The van der Waals surface area contributed by atoms with Crippen LogP contribution in [0.25, 0.3) is 5.69 Å². The minimum Gasteiger partial charge on any atom is -0.384 e. The molecule has 1 aliphatic rings. The number of benzene rings is 1. The standard InChI is InChI=1S/C15H20N4O2S/c1-20-11-12-22-15-17-16-14(18-7-9-21-10-8-18)19(15)13-5-3-2-4-6-13/h2-6H,7-12H2,1H3. The summed E-state index contributed by atoms with van der Waals surface area (Å²) in [5, 5.41) is 9.69. The van der Waals surface area contributed by atoms with Crippen LogP contribution in [0.1, 0.15) is 0 Å². The third kappa shape index (κ3) is 3.43. The van der Waals surface area contributed by atoms with Crippen molar-refractivity contribution in [3.8, 4) is 5.69 Å². The Labute approximate surface area is 134 Å². The van der Waals surface area contributed by atoms with E-state index in [0.29, 0.717) is 6.61 Å². The molecule has 0 bridgehead atoms. The van der Waals surface area contributed by atoms with Crippen molar-refractivity contribution in [3.63, 3.8) is 0 Å². The lowest BCUT2D eigenvalue weighted by Gasteiger charge is -2.27. The molecule has 2 aromatic rings. The van der Waals surface area contributed by atoms with Crippen LogP contribution in [0.5, 0.6) is 0 Å². The van der Waals surface area contributed by atoms with Crippen LogP contribution in [0.4, 0.5) is 5.95 Å². The van der Waals surface area contributed by atoms with Crippen LogP contribution < -0.4 is 4.90 Å². The number of morpholine rings is 1. The van der Waals surface area contributed by atoms with Crippen LogP contribution >= 0.6 is 11.8 Å². The first-order valence-corrected chi connectivity index (χ1v) is 8.34. The molecule has 1 aromatic carbocycles. The van der Waals surface area contributed by atoms with E-state index in [2.05, 4.69) is 31.8 Å². The average Bonchev–Trinajstić information content (AvgIpc) is 3.01. The molecule has 0 amide bonds. The first-order chi connectivity index (χ1) is 10.9. The zero-order valence-corrected chi connectivity index (χ0v) is 13.5. The van der Waals surface area contributed by atoms with Crippen molar-refractivity contribution < 1.29 is 9.47 Å². The van der Waals surface area contributed by atoms with Gasteiger partial charge >= 0.3 is 0 Å². The number of hydrogen-bond donors (Lipinski definition) is 0. The third-order valence-electron chi connectivity index (χ3n) is 3.44. The maximum Gasteiger partial charge on any atom is 0.232 e. The monoisotopic (exact) mass is 320 g/mol. The van der Waals surface area contributed by atoms with E-state index in [4.69, 9.17) is 9.47 Å². The largest absolute Gasteiger partial charge is 0.384 e. The maximum atomic E-state index is 5.43. The fraction of sp³-hybridized carbons (Fsp3) is 0.467. The minimum absolute atomic E-state index is 0.694. The minimum atomic E-state index is 0.694. The Morgan fingerprint density at radius 2 is 1.95 bits per heavy atom. The average molecular weight is 320 g/mol. The van der Waals surface area contributed by atoms with E-state index in [0.717, 1.165) is 48.8 Å². The van der Waals surface area contributed by atoms with Gasteiger partial charge in [-0.15, -0.1) is 10.2 Å². The van der Waals surface area contributed by atoms with Crippen LogP contribution in [0.3, 0.4) is 0 Å². The molecule has 0 atom stereocenters. The molecule has 1 aromatic heterocycles. The Kier molecular flexibility index (Phi) is 5.31. The smallest absolute Gasteiger partial charge is 0.232 e. The zero-order valence-electron chi connectivity index (χ0n) is 12.6. The molecular formula is C15H20N4O2S. The molecule has 0 spiro atoms. The summed E-state index contributed by atoms with van der Waals surface area (Å²) in [5.74, 6) is 1.74. The van der Waals surface area contributed by atoms with Crippen molar-refractivity contribution in [2.45, 2.75) is 5.16 Å². The fourth-order valence-corrected chi connectivity index (χ4v) is 3.19. The molecule has 118 valence electrons. The van der Waals surface area contributed by atoms with Gasteiger partial charge in [-0.1, -0.05) is 30.0 Å². The number of hydrogen-bond acceptors (Lipinski definition) is 6. The summed E-state index contributed by atoms with van der Waals surface area (Å²) in [6, 6.07) is 10.2. The number of rotatable bonds is 6. The molecule has 1 aliphatic heterocycles. The van der Waals surface area contributed by atoms with Gasteiger partial charge < -0.3 is 14.4 Å². The fourth-order valence-electron chi connectivity index (χ4n) is 2.34. The summed E-state index contributed by atoms with van der Waals surface area (Å²) in [6.07, 6.45) is 0. The predicted molar refractivity (Wildman–Crippen MR) is 87.0 cm³/mol. The van der Waals surface area contributed by atoms with E-state index >= 15 is 0 Å². The van der Waals surface area contributed by atoms with Gasteiger partial charge in [0, 0.05) is 26.0 Å². The van der Waals surface area contributed by atoms with Gasteiger partial charge in [0.05, 0.1) is 25.5 Å². The van der Waals surface area contributed by atoms with Crippen molar-refractivity contribution in [2.24, 2.45) is 0 Å². The molecule has 0 unspecified atom stereocenters. The number of ether oxygens (including phenoxy) is 2. The number of anilines is 1. The van der Waals surface area contributed by atoms with Crippen LogP contribution in [0, 0.1) is 0 Å². The van der Waals surface area contributed by atoms with E-state index < -0.39 is 0 Å². The Bertz CT molecular complexity index is 584. The lowest BCUT2D eigenvalue weighted by molar-refractivity contribution is 0.122. The summed E-state index contributed by atoms with van der Waals surface area (Å²) in [6.45, 7) is 3.84. The number of nitrogens with zero attached hydrogens (tertiary/aromatic N) is 4. The first kappa shape index (κ1) is 15.3. The molecule has 0 radical (unpaired) electrons. The Balaban J connectivity index is 1.91. The van der Waals surface area contributed by atoms with Gasteiger partial charge in [-0.3, -0.25) is 4.57 Å². The topological polar surface area (TPSA) is 52.4 Å². The van der Waals surface area contributed by atoms with Crippen molar-refractivity contribution in [1.82, 2.24) is 14.8 Å². The van der Waals surface area contributed by atoms with Crippen LogP contribution in [0.2, 0.25) is 0 Å². The van der Waals surface area contributed by atoms with Crippen molar-refractivity contribution >= 4 is 17.7 Å². The van der Waals surface area contributed by atoms with Gasteiger partial charge in [0.25, 0.3) is 0 Å².